The van der Waals surface area contributed by atoms with Crippen LogP contribution in [-0.2, 0) is 0 Å². The second-order valence-electron chi connectivity index (χ2n) is 3.18. The van der Waals surface area contributed by atoms with Crippen molar-refractivity contribution in [1.29, 1.82) is 0 Å². The molecule has 0 radical (unpaired) electrons. The van der Waals surface area contributed by atoms with Crippen LogP contribution >= 0.6 is 15.9 Å². The molecule has 0 spiro atoms. The van der Waals surface area contributed by atoms with Crippen LogP contribution in [0, 0.1) is 0 Å². The van der Waals surface area contributed by atoms with Crippen molar-refractivity contribution in [1.82, 2.24) is 4.98 Å². The van der Waals surface area contributed by atoms with Crippen LogP contribution in [0.1, 0.15) is 25.1 Å². The van der Waals surface area contributed by atoms with Gasteiger partial charge in [-0.05, 0) is 35.0 Å². The van der Waals surface area contributed by atoms with Crippen LogP contribution < -0.4 is 0 Å². The number of pyridine rings is 1. The Labute approximate surface area is 89.1 Å². The Hall–Kier alpha value is -0.550. The lowest BCUT2D eigenvalue weighted by molar-refractivity contribution is -0.0295. The van der Waals surface area contributed by atoms with Crippen molar-refractivity contribution < 1.29 is 13.9 Å². The molecule has 0 amide bonds. The predicted octanol–water partition coefficient (Wildman–Crippen LogP) is 2.92. The van der Waals surface area contributed by atoms with Gasteiger partial charge in [0.2, 0.25) is 5.92 Å². The zero-order valence-electron chi connectivity index (χ0n) is 7.54. The molecule has 0 saturated heterocycles. The van der Waals surface area contributed by atoms with Crippen LogP contribution in [0.15, 0.2) is 22.8 Å². The van der Waals surface area contributed by atoms with Crippen LogP contribution in [0.5, 0.6) is 0 Å². The lowest BCUT2D eigenvalue weighted by Gasteiger charge is -2.15. The van der Waals surface area contributed by atoms with Gasteiger partial charge in [-0.3, -0.25) is 0 Å². The molecule has 1 atom stereocenters. The van der Waals surface area contributed by atoms with Crippen LogP contribution in [0.25, 0.3) is 0 Å². The maximum atomic E-state index is 12.6. The first-order valence-corrected chi connectivity index (χ1v) is 4.86. The number of aromatic nitrogens is 1. The van der Waals surface area contributed by atoms with Gasteiger partial charge in [0.05, 0.1) is 5.69 Å². The zero-order chi connectivity index (χ0) is 10.8. The molecule has 2 nitrogen and oxygen atoms in total. The Kier molecular flexibility index (Phi) is 3.55. The van der Waals surface area contributed by atoms with Crippen molar-refractivity contribution in [2.75, 3.05) is 0 Å². The molecule has 1 heterocycles. The van der Waals surface area contributed by atoms with Gasteiger partial charge in [0.1, 0.15) is 10.7 Å². The molecule has 0 saturated carbocycles. The van der Waals surface area contributed by atoms with Crippen molar-refractivity contribution in [2.24, 2.45) is 0 Å². The number of rotatable bonds is 3. The summed E-state index contributed by atoms with van der Waals surface area (Å²) in [6.45, 7) is 0.772. The Morgan fingerprint density at radius 3 is 2.71 bits per heavy atom. The summed E-state index contributed by atoms with van der Waals surface area (Å²) in [7, 11) is 0. The fourth-order valence-corrected chi connectivity index (χ4v) is 1.41. The summed E-state index contributed by atoms with van der Waals surface area (Å²) in [5.41, 5.74) is 0.251. The quantitative estimate of drug-likeness (QED) is 0.853. The number of alkyl halides is 2. The minimum absolute atomic E-state index is 0.251. The van der Waals surface area contributed by atoms with E-state index in [2.05, 4.69) is 20.9 Å². The van der Waals surface area contributed by atoms with Gasteiger partial charge < -0.3 is 5.11 Å². The normalized spacial score (nSPS) is 14.1. The van der Waals surface area contributed by atoms with Gasteiger partial charge in [0.15, 0.2) is 0 Å². The number of hydrogen-bond donors (Lipinski definition) is 1. The maximum Gasteiger partial charge on any atom is 0.248 e. The summed E-state index contributed by atoms with van der Waals surface area (Å²) in [6.07, 6.45) is -1.84. The summed E-state index contributed by atoms with van der Waals surface area (Å²) in [6, 6.07) is 4.82. The first-order chi connectivity index (χ1) is 6.38. The van der Waals surface area contributed by atoms with E-state index in [1.807, 2.05) is 0 Å². The van der Waals surface area contributed by atoms with Crippen LogP contribution in [0.3, 0.4) is 0 Å². The van der Waals surface area contributed by atoms with Gasteiger partial charge in [0, 0.05) is 6.42 Å². The summed E-state index contributed by atoms with van der Waals surface area (Å²) in [5.74, 6) is -2.89. The van der Waals surface area contributed by atoms with E-state index in [0.29, 0.717) is 4.60 Å². The third-order valence-electron chi connectivity index (χ3n) is 1.63. The average Bonchev–Trinajstić information content (AvgIpc) is 2.01. The smallest absolute Gasteiger partial charge is 0.248 e. The predicted molar refractivity (Wildman–Crippen MR) is 52.1 cm³/mol. The molecular formula is C9H10BrF2NO. The number of halogens is 3. The molecule has 1 aromatic rings. The first kappa shape index (κ1) is 11.5. The minimum Gasteiger partial charge on any atom is -0.387 e. The molecule has 0 fully saturated rings. The van der Waals surface area contributed by atoms with Gasteiger partial charge >= 0.3 is 0 Å². The van der Waals surface area contributed by atoms with Gasteiger partial charge in [0.25, 0.3) is 0 Å². The van der Waals surface area contributed by atoms with Crippen molar-refractivity contribution in [3.8, 4) is 0 Å². The molecule has 1 rings (SSSR count). The number of hydrogen-bond acceptors (Lipinski definition) is 2. The zero-order valence-corrected chi connectivity index (χ0v) is 9.13. The third-order valence-corrected chi connectivity index (χ3v) is 2.07. The molecule has 78 valence electrons. The van der Waals surface area contributed by atoms with E-state index in [1.165, 1.54) is 6.07 Å². The summed E-state index contributed by atoms with van der Waals surface area (Å²) >= 11 is 3.10. The highest BCUT2D eigenvalue weighted by Crippen LogP contribution is 2.27. The number of nitrogens with zero attached hydrogens (tertiary/aromatic N) is 1. The largest absolute Gasteiger partial charge is 0.387 e. The Morgan fingerprint density at radius 2 is 2.21 bits per heavy atom. The summed E-state index contributed by atoms with van der Waals surface area (Å²) in [5, 5.41) is 9.42. The van der Waals surface area contributed by atoms with Crippen molar-refractivity contribution in [2.45, 2.75) is 25.4 Å². The molecule has 1 unspecified atom stereocenters. The lowest BCUT2D eigenvalue weighted by Crippen LogP contribution is -2.15. The number of aliphatic hydroxyl groups excluding tert-OH is 1. The third kappa shape index (κ3) is 3.67. The maximum absolute atomic E-state index is 12.6. The summed E-state index contributed by atoms with van der Waals surface area (Å²) in [4.78, 5) is 3.89. The molecule has 0 aromatic carbocycles. The lowest BCUT2D eigenvalue weighted by atomic mass is 10.1. The SMILES string of the molecule is CC(F)(F)CC(O)c1cccc(Br)n1. The molecular weight excluding hydrogens is 256 g/mol. The molecule has 1 aromatic heterocycles. The van der Waals surface area contributed by atoms with E-state index < -0.39 is 18.4 Å². The van der Waals surface area contributed by atoms with Gasteiger partial charge in [-0.15, -0.1) is 0 Å². The van der Waals surface area contributed by atoms with E-state index >= 15 is 0 Å². The van der Waals surface area contributed by atoms with Crippen molar-refractivity contribution in [3.63, 3.8) is 0 Å². The van der Waals surface area contributed by atoms with E-state index in [-0.39, 0.29) is 5.69 Å². The van der Waals surface area contributed by atoms with Crippen LogP contribution in [0.2, 0.25) is 0 Å². The molecule has 14 heavy (non-hydrogen) atoms. The van der Waals surface area contributed by atoms with Crippen LogP contribution in [0.4, 0.5) is 8.78 Å². The highest BCUT2D eigenvalue weighted by atomic mass is 79.9. The average molecular weight is 266 g/mol. The topological polar surface area (TPSA) is 33.1 Å². The molecule has 1 N–H and O–H groups in total. The molecule has 0 bridgehead atoms. The fourth-order valence-electron chi connectivity index (χ4n) is 1.05. The molecule has 5 heteroatoms. The minimum atomic E-state index is -2.89. The van der Waals surface area contributed by atoms with Crippen molar-refractivity contribution in [3.05, 3.63) is 28.5 Å². The Morgan fingerprint density at radius 1 is 1.57 bits per heavy atom. The first-order valence-electron chi connectivity index (χ1n) is 4.07. The molecule has 0 aliphatic heterocycles. The second-order valence-corrected chi connectivity index (χ2v) is 3.99. The number of aliphatic hydroxyl groups is 1. The second kappa shape index (κ2) is 4.31. The fraction of sp³-hybridized carbons (Fsp3) is 0.444. The highest BCUT2D eigenvalue weighted by Gasteiger charge is 2.27. The van der Waals surface area contributed by atoms with E-state index in [4.69, 9.17) is 0 Å². The standard InChI is InChI=1S/C9H10BrF2NO/c1-9(11,12)5-7(14)6-3-2-4-8(10)13-6/h2-4,7,14H,5H2,1H3. The van der Waals surface area contributed by atoms with Gasteiger partial charge in [-0.2, -0.15) is 0 Å². The van der Waals surface area contributed by atoms with E-state index in [9.17, 15) is 13.9 Å². The Balaban J connectivity index is 2.74. The highest BCUT2D eigenvalue weighted by molar-refractivity contribution is 9.10. The van der Waals surface area contributed by atoms with E-state index in [0.717, 1.165) is 6.92 Å². The van der Waals surface area contributed by atoms with Gasteiger partial charge in [-0.1, -0.05) is 6.07 Å². The van der Waals surface area contributed by atoms with Crippen molar-refractivity contribution >= 4 is 15.9 Å². The Bertz CT molecular complexity index is 314. The molecule has 0 aliphatic rings. The van der Waals surface area contributed by atoms with Gasteiger partial charge in [-0.25, -0.2) is 13.8 Å². The monoisotopic (exact) mass is 265 g/mol. The molecule has 0 aliphatic carbocycles. The van der Waals surface area contributed by atoms with Crippen LogP contribution in [-0.4, -0.2) is 16.0 Å². The van der Waals surface area contributed by atoms with E-state index in [1.54, 1.807) is 12.1 Å². The summed E-state index contributed by atoms with van der Waals surface area (Å²) < 4.78 is 25.6.